The van der Waals surface area contributed by atoms with Crippen LogP contribution in [0.4, 0.5) is 8.78 Å². The van der Waals surface area contributed by atoms with Crippen LogP contribution < -0.4 is 9.47 Å². The summed E-state index contributed by atoms with van der Waals surface area (Å²) in [5, 5.41) is 11.7. The Morgan fingerprint density at radius 1 is 1.05 bits per heavy atom. The third-order valence-corrected chi connectivity index (χ3v) is 3.63. The van der Waals surface area contributed by atoms with Crippen molar-refractivity contribution in [2.45, 2.75) is 6.10 Å². The first kappa shape index (κ1) is 13.8. The Morgan fingerprint density at radius 2 is 1.63 bits per heavy atom. The van der Waals surface area contributed by atoms with E-state index in [1.54, 1.807) is 11.4 Å². The Balaban J connectivity index is 2.40. The second-order valence-electron chi connectivity index (χ2n) is 3.80. The highest BCUT2D eigenvalue weighted by Gasteiger charge is 2.22. The summed E-state index contributed by atoms with van der Waals surface area (Å²) in [7, 11) is 2.79. The molecule has 0 aliphatic heterocycles. The summed E-state index contributed by atoms with van der Waals surface area (Å²) < 4.78 is 37.4. The molecule has 0 fully saturated rings. The van der Waals surface area contributed by atoms with Gasteiger partial charge in [-0.15, -0.1) is 11.3 Å². The molecule has 3 nitrogen and oxygen atoms in total. The predicted molar refractivity (Wildman–Crippen MR) is 67.8 cm³/mol. The minimum Gasteiger partial charge on any atom is -0.497 e. The lowest BCUT2D eigenvalue weighted by Crippen LogP contribution is -2.05. The van der Waals surface area contributed by atoms with Crippen LogP contribution >= 0.6 is 11.3 Å². The van der Waals surface area contributed by atoms with Gasteiger partial charge in [0.05, 0.1) is 19.8 Å². The molecule has 19 heavy (non-hydrogen) atoms. The second-order valence-corrected chi connectivity index (χ2v) is 4.74. The minimum absolute atomic E-state index is 0.0645. The Labute approximate surface area is 113 Å². The van der Waals surface area contributed by atoms with Gasteiger partial charge >= 0.3 is 0 Å². The quantitative estimate of drug-likeness (QED) is 0.938. The highest BCUT2D eigenvalue weighted by Crippen LogP contribution is 2.34. The van der Waals surface area contributed by atoms with E-state index in [0.29, 0.717) is 10.6 Å². The smallest absolute Gasteiger partial charge is 0.136 e. The molecular weight excluding hydrogens is 274 g/mol. The summed E-state index contributed by atoms with van der Waals surface area (Å²) in [4.78, 5) is 0.403. The third kappa shape index (κ3) is 2.69. The lowest BCUT2D eigenvalue weighted by Gasteiger charge is -2.12. The fourth-order valence-electron chi connectivity index (χ4n) is 1.67. The topological polar surface area (TPSA) is 38.7 Å². The molecule has 102 valence electrons. The van der Waals surface area contributed by atoms with Gasteiger partial charge in [0.2, 0.25) is 0 Å². The Bertz CT molecular complexity index is 560. The number of aliphatic hydroxyl groups is 1. The number of benzene rings is 1. The SMILES string of the molecule is COc1csc(C(O)c2c(F)cc(OC)cc2F)c1. The number of aliphatic hydroxyl groups excluding tert-OH is 1. The average Bonchev–Trinajstić information content (AvgIpc) is 2.86. The molecular formula is C13H12F2O3S. The molecule has 0 saturated carbocycles. The van der Waals surface area contributed by atoms with Crippen LogP contribution in [-0.2, 0) is 0 Å². The molecule has 0 aliphatic rings. The van der Waals surface area contributed by atoms with Gasteiger partial charge < -0.3 is 14.6 Å². The fraction of sp³-hybridized carbons (Fsp3) is 0.231. The second kappa shape index (κ2) is 5.54. The summed E-state index contributed by atoms with van der Waals surface area (Å²) >= 11 is 1.16. The Morgan fingerprint density at radius 3 is 2.11 bits per heavy atom. The fourth-order valence-corrected chi connectivity index (χ4v) is 2.51. The van der Waals surface area contributed by atoms with Crippen LogP contribution in [-0.4, -0.2) is 19.3 Å². The summed E-state index contributed by atoms with van der Waals surface area (Å²) in [6.45, 7) is 0. The highest BCUT2D eigenvalue weighted by atomic mass is 32.1. The van der Waals surface area contributed by atoms with Crippen molar-refractivity contribution < 1.29 is 23.4 Å². The monoisotopic (exact) mass is 286 g/mol. The standard InChI is InChI=1S/C13H12F2O3S/c1-17-7-3-9(14)12(10(15)4-7)13(16)11-5-8(18-2)6-19-11/h3-6,13,16H,1-2H3. The minimum atomic E-state index is -1.38. The highest BCUT2D eigenvalue weighted by molar-refractivity contribution is 7.10. The van der Waals surface area contributed by atoms with E-state index in [2.05, 4.69) is 0 Å². The first-order valence-electron chi connectivity index (χ1n) is 5.40. The molecule has 1 aromatic carbocycles. The van der Waals surface area contributed by atoms with Crippen LogP contribution in [0, 0.1) is 11.6 Å². The van der Waals surface area contributed by atoms with Gasteiger partial charge in [0.25, 0.3) is 0 Å². The van der Waals surface area contributed by atoms with Crippen LogP contribution in [0.3, 0.4) is 0 Å². The van der Waals surface area contributed by atoms with Crippen molar-refractivity contribution in [1.29, 1.82) is 0 Å². The number of halogens is 2. The van der Waals surface area contributed by atoms with Gasteiger partial charge in [0.15, 0.2) is 0 Å². The summed E-state index contributed by atoms with van der Waals surface area (Å²) in [6.07, 6.45) is -1.38. The van der Waals surface area contributed by atoms with E-state index in [0.717, 1.165) is 23.5 Å². The molecule has 1 aromatic heterocycles. The normalized spacial score (nSPS) is 12.3. The van der Waals surface area contributed by atoms with E-state index in [1.165, 1.54) is 14.2 Å². The zero-order valence-corrected chi connectivity index (χ0v) is 11.1. The molecule has 0 aliphatic carbocycles. The van der Waals surface area contributed by atoms with Crippen molar-refractivity contribution in [3.05, 3.63) is 45.7 Å². The Hall–Kier alpha value is -1.66. The van der Waals surface area contributed by atoms with Crippen LogP contribution in [0.1, 0.15) is 16.5 Å². The number of thiophene rings is 1. The van der Waals surface area contributed by atoms with Crippen molar-refractivity contribution in [3.63, 3.8) is 0 Å². The van der Waals surface area contributed by atoms with Crippen molar-refractivity contribution >= 4 is 11.3 Å². The maximum absolute atomic E-state index is 13.8. The van der Waals surface area contributed by atoms with Crippen molar-refractivity contribution in [2.75, 3.05) is 14.2 Å². The van der Waals surface area contributed by atoms with Gasteiger partial charge in [-0.05, 0) is 6.07 Å². The van der Waals surface area contributed by atoms with Crippen molar-refractivity contribution in [1.82, 2.24) is 0 Å². The van der Waals surface area contributed by atoms with E-state index in [9.17, 15) is 13.9 Å². The number of hydrogen-bond acceptors (Lipinski definition) is 4. The zero-order valence-electron chi connectivity index (χ0n) is 10.3. The number of rotatable bonds is 4. The van der Waals surface area contributed by atoms with Crippen LogP contribution in [0.15, 0.2) is 23.6 Å². The Kier molecular flexibility index (Phi) is 4.01. The molecule has 0 spiro atoms. The van der Waals surface area contributed by atoms with E-state index in [-0.39, 0.29) is 5.75 Å². The summed E-state index contributed by atoms with van der Waals surface area (Å²) in [5.41, 5.74) is -0.398. The maximum atomic E-state index is 13.8. The van der Waals surface area contributed by atoms with E-state index >= 15 is 0 Å². The lowest BCUT2D eigenvalue weighted by atomic mass is 10.1. The number of methoxy groups -OCH3 is 2. The van der Waals surface area contributed by atoms with E-state index < -0.39 is 23.3 Å². The number of ether oxygens (including phenoxy) is 2. The van der Waals surface area contributed by atoms with E-state index in [1.807, 2.05) is 0 Å². The molecule has 6 heteroatoms. The predicted octanol–water partition coefficient (Wildman–Crippen LogP) is 3.13. The molecule has 2 rings (SSSR count). The lowest BCUT2D eigenvalue weighted by molar-refractivity contribution is 0.212. The van der Waals surface area contributed by atoms with Crippen LogP contribution in [0.5, 0.6) is 11.5 Å². The van der Waals surface area contributed by atoms with E-state index in [4.69, 9.17) is 9.47 Å². The maximum Gasteiger partial charge on any atom is 0.136 e. The molecule has 2 aromatic rings. The molecule has 0 bridgehead atoms. The number of hydrogen-bond donors (Lipinski definition) is 1. The first-order valence-corrected chi connectivity index (χ1v) is 6.28. The molecule has 1 atom stereocenters. The average molecular weight is 286 g/mol. The molecule has 1 heterocycles. The molecule has 1 N–H and O–H groups in total. The summed E-state index contributed by atoms with van der Waals surface area (Å²) in [6, 6.07) is 3.61. The molecule has 1 unspecified atom stereocenters. The molecule has 0 saturated heterocycles. The van der Waals surface area contributed by atoms with Gasteiger partial charge in [0, 0.05) is 22.4 Å². The zero-order chi connectivity index (χ0) is 14.0. The van der Waals surface area contributed by atoms with Gasteiger partial charge in [-0.3, -0.25) is 0 Å². The largest absolute Gasteiger partial charge is 0.497 e. The molecule has 0 radical (unpaired) electrons. The first-order chi connectivity index (χ1) is 9.06. The van der Waals surface area contributed by atoms with Crippen molar-refractivity contribution in [3.8, 4) is 11.5 Å². The summed E-state index contributed by atoms with van der Waals surface area (Å²) in [5.74, 6) is -1.10. The molecule has 0 amide bonds. The van der Waals surface area contributed by atoms with Crippen LogP contribution in [0.2, 0.25) is 0 Å². The third-order valence-electron chi connectivity index (χ3n) is 2.66. The van der Waals surface area contributed by atoms with Gasteiger partial charge in [0.1, 0.15) is 29.2 Å². The van der Waals surface area contributed by atoms with Crippen LogP contribution in [0.25, 0.3) is 0 Å². The van der Waals surface area contributed by atoms with Crippen molar-refractivity contribution in [2.24, 2.45) is 0 Å². The van der Waals surface area contributed by atoms with Gasteiger partial charge in [-0.25, -0.2) is 8.78 Å². The van der Waals surface area contributed by atoms with Gasteiger partial charge in [-0.1, -0.05) is 0 Å². The van der Waals surface area contributed by atoms with Gasteiger partial charge in [-0.2, -0.15) is 0 Å².